The van der Waals surface area contributed by atoms with E-state index in [9.17, 15) is 4.79 Å². The van der Waals surface area contributed by atoms with Crippen molar-refractivity contribution in [1.82, 2.24) is 4.90 Å². The van der Waals surface area contributed by atoms with Gasteiger partial charge in [0.25, 0.3) is 0 Å². The molecule has 2 atom stereocenters. The van der Waals surface area contributed by atoms with Crippen LogP contribution in [0.3, 0.4) is 0 Å². The lowest BCUT2D eigenvalue weighted by molar-refractivity contribution is -0.158. The van der Waals surface area contributed by atoms with E-state index in [0.29, 0.717) is 0 Å². The van der Waals surface area contributed by atoms with Crippen LogP contribution in [0.1, 0.15) is 36.6 Å². The Morgan fingerprint density at radius 1 is 1.00 bits per heavy atom. The van der Waals surface area contributed by atoms with E-state index in [1.165, 1.54) is 0 Å². The molecule has 1 heterocycles. The van der Waals surface area contributed by atoms with Crippen LogP contribution in [0, 0.1) is 0 Å². The Kier molecular flexibility index (Phi) is 5.74. The van der Waals surface area contributed by atoms with E-state index in [4.69, 9.17) is 4.74 Å². The third-order valence-electron chi connectivity index (χ3n) is 4.20. The second kappa shape index (κ2) is 7.81. The maximum Gasteiger partial charge on any atom is 0.249 e. The molecule has 0 aliphatic carbocycles. The number of halogens is 2. The maximum atomic E-state index is 12.5. The number of ether oxygens (including phenoxy) is 1. The van der Waals surface area contributed by atoms with E-state index in [2.05, 4.69) is 63.0 Å². The van der Waals surface area contributed by atoms with Crippen LogP contribution in [0.25, 0.3) is 0 Å². The summed E-state index contributed by atoms with van der Waals surface area (Å²) >= 11 is 6.95. The van der Waals surface area contributed by atoms with E-state index in [-0.39, 0.29) is 24.7 Å². The van der Waals surface area contributed by atoms with E-state index in [0.717, 1.165) is 33.0 Å². The Bertz CT molecular complexity index is 700. The number of morpholine rings is 1. The second-order valence-electron chi connectivity index (χ2n) is 5.87. The molecule has 1 aliphatic heterocycles. The average Bonchev–Trinajstić information content (AvgIpc) is 2.58. The molecule has 1 saturated heterocycles. The Labute approximate surface area is 159 Å². The van der Waals surface area contributed by atoms with Gasteiger partial charge in [-0.25, -0.2) is 0 Å². The molecule has 1 aliphatic rings. The summed E-state index contributed by atoms with van der Waals surface area (Å²) in [6.07, 6.45) is 0.759. The minimum atomic E-state index is -0.163. The Balaban J connectivity index is 2.02. The lowest BCUT2D eigenvalue weighted by Crippen LogP contribution is -2.45. The topological polar surface area (TPSA) is 29.5 Å². The predicted octanol–water partition coefficient (Wildman–Crippen LogP) is 5.26. The van der Waals surface area contributed by atoms with Gasteiger partial charge in [0.05, 0.1) is 6.04 Å². The van der Waals surface area contributed by atoms with Crippen molar-refractivity contribution in [2.24, 2.45) is 0 Å². The molecule has 0 saturated carbocycles. The number of nitrogens with zero attached hydrogens (tertiary/aromatic N) is 1. The van der Waals surface area contributed by atoms with Crippen LogP contribution >= 0.6 is 31.9 Å². The molecule has 3 nitrogen and oxygen atoms in total. The molecule has 0 unspecified atom stereocenters. The van der Waals surface area contributed by atoms with Crippen molar-refractivity contribution < 1.29 is 9.53 Å². The molecule has 2 aromatic rings. The van der Waals surface area contributed by atoms with Gasteiger partial charge in [0.2, 0.25) is 5.91 Å². The first-order valence-corrected chi connectivity index (χ1v) is 9.60. The maximum absolute atomic E-state index is 12.5. The molecule has 0 radical (unpaired) electrons. The van der Waals surface area contributed by atoms with Crippen LogP contribution in [0.15, 0.2) is 57.5 Å². The van der Waals surface area contributed by atoms with Crippen LogP contribution in [0.4, 0.5) is 0 Å². The minimum Gasteiger partial charge on any atom is -0.361 e. The Morgan fingerprint density at radius 2 is 1.54 bits per heavy atom. The summed E-state index contributed by atoms with van der Waals surface area (Å²) in [5, 5.41) is 0. The van der Waals surface area contributed by atoms with Crippen LogP contribution in [-0.2, 0) is 9.53 Å². The van der Waals surface area contributed by atoms with Gasteiger partial charge in [-0.1, -0.05) is 63.0 Å². The first-order chi connectivity index (χ1) is 11.6. The highest BCUT2D eigenvalue weighted by Gasteiger charge is 2.38. The highest BCUT2D eigenvalue weighted by molar-refractivity contribution is 9.10. The SMILES string of the molecule is CCCN1C(=O)CO[C@@H](c2ccc(Br)cc2)[C@H]1c1ccc(Br)cc1. The molecule has 1 fully saturated rings. The van der Waals surface area contributed by atoms with Crippen molar-refractivity contribution >= 4 is 37.8 Å². The first kappa shape index (κ1) is 17.6. The first-order valence-electron chi connectivity index (χ1n) is 8.02. The monoisotopic (exact) mass is 451 g/mol. The average molecular weight is 453 g/mol. The number of hydrogen-bond acceptors (Lipinski definition) is 2. The molecule has 1 amide bonds. The summed E-state index contributed by atoms with van der Waals surface area (Å²) in [4.78, 5) is 14.4. The Hall–Kier alpha value is -1.17. The fourth-order valence-corrected chi connectivity index (χ4v) is 3.63. The molecule has 0 bridgehead atoms. The van der Waals surface area contributed by atoms with Gasteiger partial charge in [0, 0.05) is 15.5 Å². The summed E-state index contributed by atoms with van der Waals surface area (Å²) in [6, 6.07) is 16.2. The molecular weight excluding hydrogens is 434 g/mol. The molecule has 0 aromatic heterocycles. The van der Waals surface area contributed by atoms with Gasteiger partial charge in [-0.2, -0.15) is 0 Å². The second-order valence-corrected chi connectivity index (χ2v) is 7.70. The molecule has 3 rings (SSSR count). The standard InChI is InChI=1S/C19H19Br2NO2/c1-2-11-22-17(23)12-24-19(14-5-9-16(21)10-6-14)18(22)13-3-7-15(20)8-4-13/h3-10,18-19H,2,11-12H2,1H3/t18-,19+/m1/s1. The highest BCUT2D eigenvalue weighted by Crippen LogP contribution is 2.40. The number of rotatable bonds is 4. The summed E-state index contributed by atoms with van der Waals surface area (Å²) in [5.41, 5.74) is 2.17. The molecule has 0 N–H and O–H groups in total. The number of benzene rings is 2. The van der Waals surface area contributed by atoms with Gasteiger partial charge in [-0.15, -0.1) is 0 Å². The highest BCUT2D eigenvalue weighted by atomic mass is 79.9. The normalized spacial score (nSPS) is 21.1. The number of carbonyl (C=O) groups is 1. The zero-order valence-electron chi connectivity index (χ0n) is 13.4. The van der Waals surface area contributed by atoms with Gasteiger partial charge in [-0.3, -0.25) is 4.79 Å². The van der Waals surface area contributed by atoms with Crippen LogP contribution in [-0.4, -0.2) is 24.0 Å². The van der Waals surface area contributed by atoms with Gasteiger partial charge < -0.3 is 9.64 Å². The summed E-state index contributed by atoms with van der Waals surface area (Å²) in [7, 11) is 0. The van der Waals surface area contributed by atoms with Crippen LogP contribution in [0.2, 0.25) is 0 Å². The largest absolute Gasteiger partial charge is 0.361 e. The molecule has 5 heteroatoms. The number of hydrogen-bond donors (Lipinski definition) is 0. The number of amides is 1. The van der Waals surface area contributed by atoms with Crippen molar-refractivity contribution in [3.63, 3.8) is 0 Å². The van der Waals surface area contributed by atoms with Crippen LogP contribution in [0.5, 0.6) is 0 Å². The van der Waals surface area contributed by atoms with Gasteiger partial charge in [-0.05, 0) is 41.8 Å². The summed E-state index contributed by atoms with van der Waals surface area (Å²) in [6.45, 7) is 2.96. The van der Waals surface area contributed by atoms with Crippen molar-refractivity contribution in [1.29, 1.82) is 0 Å². The third kappa shape index (κ3) is 3.73. The quantitative estimate of drug-likeness (QED) is 0.632. The smallest absolute Gasteiger partial charge is 0.249 e. The summed E-state index contributed by atoms with van der Waals surface area (Å²) in [5.74, 6) is 0.0538. The molecule has 126 valence electrons. The fraction of sp³-hybridized carbons (Fsp3) is 0.316. The van der Waals surface area contributed by atoms with Crippen molar-refractivity contribution in [2.75, 3.05) is 13.2 Å². The molecular formula is C19H19Br2NO2. The van der Waals surface area contributed by atoms with Crippen LogP contribution < -0.4 is 0 Å². The van der Waals surface area contributed by atoms with E-state index >= 15 is 0 Å². The summed E-state index contributed by atoms with van der Waals surface area (Å²) < 4.78 is 8.03. The lowest BCUT2D eigenvalue weighted by Gasteiger charge is -2.41. The van der Waals surface area contributed by atoms with E-state index < -0.39 is 0 Å². The molecule has 2 aromatic carbocycles. The number of carbonyl (C=O) groups excluding carboxylic acids is 1. The molecule has 24 heavy (non-hydrogen) atoms. The van der Waals surface area contributed by atoms with Crippen molar-refractivity contribution in [3.05, 3.63) is 68.6 Å². The van der Waals surface area contributed by atoms with Gasteiger partial charge in [0.15, 0.2) is 0 Å². The zero-order valence-corrected chi connectivity index (χ0v) is 16.6. The van der Waals surface area contributed by atoms with Crippen molar-refractivity contribution in [3.8, 4) is 0 Å². The third-order valence-corrected chi connectivity index (χ3v) is 5.26. The van der Waals surface area contributed by atoms with E-state index in [1.54, 1.807) is 0 Å². The van der Waals surface area contributed by atoms with Gasteiger partial charge >= 0.3 is 0 Å². The lowest BCUT2D eigenvalue weighted by atomic mass is 9.92. The van der Waals surface area contributed by atoms with Gasteiger partial charge in [0.1, 0.15) is 12.7 Å². The predicted molar refractivity (Wildman–Crippen MR) is 102 cm³/mol. The fourth-order valence-electron chi connectivity index (χ4n) is 3.10. The molecule has 0 spiro atoms. The zero-order chi connectivity index (χ0) is 17.1. The van der Waals surface area contributed by atoms with Crippen molar-refractivity contribution in [2.45, 2.75) is 25.5 Å². The Morgan fingerprint density at radius 3 is 2.08 bits per heavy atom. The minimum absolute atomic E-state index is 0.0538. The van der Waals surface area contributed by atoms with E-state index in [1.807, 2.05) is 29.2 Å².